The average Bonchev–Trinajstić information content (AvgIpc) is 3.26. The second-order valence-electron chi connectivity index (χ2n) is 6.49. The van der Waals surface area contributed by atoms with Crippen LogP contribution < -0.4 is 0 Å². The highest BCUT2D eigenvalue weighted by molar-refractivity contribution is 5.62. The van der Waals surface area contributed by atoms with Crippen LogP contribution in [-0.4, -0.2) is 34.5 Å². The van der Waals surface area contributed by atoms with Gasteiger partial charge in [0.1, 0.15) is 11.5 Å². The highest BCUT2D eigenvalue weighted by Crippen LogP contribution is 2.28. The summed E-state index contributed by atoms with van der Waals surface area (Å²) in [6, 6.07) is 14.3. The standard InChI is InChI=1S/C21H26N2O3/c1-16(20-9-8-17(2)26-20)14-19-21(18-6-4-3-5-7-18)22-15-23(19)10-12-25-13-11-24/h3-9,15-16,24H,10-14H2,1-2H3. The largest absolute Gasteiger partial charge is 0.466 e. The highest BCUT2D eigenvalue weighted by atomic mass is 16.5. The van der Waals surface area contributed by atoms with Gasteiger partial charge in [-0.3, -0.25) is 0 Å². The van der Waals surface area contributed by atoms with Gasteiger partial charge in [0, 0.05) is 23.7 Å². The molecule has 0 fully saturated rings. The van der Waals surface area contributed by atoms with E-state index in [1.807, 2.05) is 43.6 Å². The number of furan rings is 1. The van der Waals surface area contributed by atoms with Gasteiger partial charge in [0.05, 0.1) is 31.8 Å². The van der Waals surface area contributed by atoms with Crippen LogP contribution in [0.3, 0.4) is 0 Å². The lowest BCUT2D eigenvalue weighted by molar-refractivity contribution is 0.0866. The van der Waals surface area contributed by atoms with Gasteiger partial charge >= 0.3 is 0 Å². The van der Waals surface area contributed by atoms with E-state index in [0.29, 0.717) is 19.8 Å². The fraction of sp³-hybridized carbons (Fsp3) is 0.381. The zero-order valence-corrected chi connectivity index (χ0v) is 15.4. The molecule has 0 amide bonds. The average molecular weight is 354 g/mol. The molecule has 3 rings (SSSR count). The minimum Gasteiger partial charge on any atom is -0.466 e. The van der Waals surface area contributed by atoms with Crippen molar-refractivity contribution >= 4 is 0 Å². The number of benzene rings is 1. The molecule has 26 heavy (non-hydrogen) atoms. The first-order valence-corrected chi connectivity index (χ1v) is 9.03. The molecule has 1 unspecified atom stereocenters. The maximum absolute atomic E-state index is 8.86. The number of hydrogen-bond acceptors (Lipinski definition) is 4. The smallest absolute Gasteiger partial charge is 0.107 e. The van der Waals surface area contributed by atoms with Crippen LogP contribution in [0.1, 0.15) is 30.1 Å². The number of aliphatic hydroxyl groups excluding tert-OH is 1. The van der Waals surface area contributed by atoms with Crippen molar-refractivity contribution in [1.29, 1.82) is 0 Å². The molecule has 1 N–H and O–H groups in total. The minimum absolute atomic E-state index is 0.0426. The molecule has 0 saturated heterocycles. The Hall–Kier alpha value is -2.37. The van der Waals surface area contributed by atoms with Gasteiger partial charge in [-0.2, -0.15) is 0 Å². The summed E-state index contributed by atoms with van der Waals surface area (Å²) in [6.07, 6.45) is 2.71. The van der Waals surface area contributed by atoms with E-state index in [4.69, 9.17) is 14.3 Å². The molecular formula is C21H26N2O3. The van der Waals surface area contributed by atoms with Crippen molar-refractivity contribution in [2.24, 2.45) is 0 Å². The van der Waals surface area contributed by atoms with Crippen LogP contribution in [0.15, 0.2) is 53.2 Å². The van der Waals surface area contributed by atoms with Crippen LogP contribution in [0.25, 0.3) is 11.3 Å². The van der Waals surface area contributed by atoms with E-state index in [2.05, 4.69) is 28.6 Å². The van der Waals surface area contributed by atoms with Gasteiger partial charge in [0.2, 0.25) is 0 Å². The quantitative estimate of drug-likeness (QED) is 0.594. The molecule has 0 aliphatic heterocycles. The maximum atomic E-state index is 8.86. The number of nitrogens with zero attached hydrogens (tertiary/aromatic N) is 2. The Balaban J connectivity index is 1.84. The van der Waals surface area contributed by atoms with E-state index in [9.17, 15) is 0 Å². The van der Waals surface area contributed by atoms with Crippen LogP contribution in [0.2, 0.25) is 0 Å². The number of ether oxygens (including phenoxy) is 1. The number of rotatable bonds is 9. The Morgan fingerprint density at radius 1 is 1.15 bits per heavy atom. The summed E-state index contributed by atoms with van der Waals surface area (Å²) in [7, 11) is 0. The number of aryl methyl sites for hydroxylation is 1. The van der Waals surface area contributed by atoms with E-state index in [1.54, 1.807) is 0 Å². The highest BCUT2D eigenvalue weighted by Gasteiger charge is 2.18. The number of imidazole rings is 1. The van der Waals surface area contributed by atoms with Crippen molar-refractivity contribution in [3.63, 3.8) is 0 Å². The maximum Gasteiger partial charge on any atom is 0.107 e. The summed E-state index contributed by atoms with van der Waals surface area (Å²) in [5.74, 6) is 2.17. The molecule has 0 radical (unpaired) electrons. The van der Waals surface area contributed by atoms with Crippen molar-refractivity contribution in [2.75, 3.05) is 19.8 Å². The molecule has 2 aromatic heterocycles. The Kier molecular flexibility index (Phi) is 6.26. The second-order valence-corrected chi connectivity index (χ2v) is 6.49. The normalized spacial score (nSPS) is 12.4. The first-order valence-electron chi connectivity index (χ1n) is 9.03. The Morgan fingerprint density at radius 3 is 2.65 bits per heavy atom. The zero-order chi connectivity index (χ0) is 18.4. The molecule has 0 aliphatic carbocycles. The molecule has 138 valence electrons. The third-order valence-corrected chi connectivity index (χ3v) is 4.45. The van der Waals surface area contributed by atoms with Gasteiger partial charge in [-0.1, -0.05) is 37.3 Å². The van der Waals surface area contributed by atoms with Crippen molar-refractivity contribution in [2.45, 2.75) is 32.7 Å². The van der Waals surface area contributed by atoms with E-state index >= 15 is 0 Å². The third kappa shape index (κ3) is 4.42. The first-order chi connectivity index (χ1) is 12.7. The Bertz CT molecular complexity index is 808. The number of hydrogen-bond donors (Lipinski definition) is 1. The predicted octanol–water partition coefficient (Wildman–Crippen LogP) is 3.81. The summed E-state index contributed by atoms with van der Waals surface area (Å²) >= 11 is 0. The monoisotopic (exact) mass is 354 g/mol. The predicted molar refractivity (Wildman–Crippen MR) is 101 cm³/mol. The van der Waals surface area contributed by atoms with Crippen LogP contribution in [0, 0.1) is 6.92 Å². The molecule has 1 aromatic carbocycles. The molecule has 3 aromatic rings. The first kappa shape index (κ1) is 18.4. The van der Waals surface area contributed by atoms with Crippen molar-refractivity contribution in [3.8, 4) is 11.3 Å². The number of aliphatic hydroxyl groups is 1. The summed E-state index contributed by atoms with van der Waals surface area (Å²) in [4.78, 5) is 4.66. The lowest BCUT2D eigenvalue weighted by atomic mass is 9.99. The van der Waals surface area contributed by atoms with Gasteiger partial charge < -0.3 is 18.8 Å². The summed E-state index contributed by atoms with van der Waals surface area (Å²) in [6.45, 7) is 5.80. The molecule has 0 aliphatic rings. The lowest BCUT2D eigenvalue weighted by Gasteiger charge is -2.14. The SMILES string of the molecule is Cc1ccc(C(C)Cc2c(-c3ccccc3)ncn2CCOCCO)o1. The van der Waals surface area contributed by atoms with E-state index < -0.39 is 0 Å². The molecule has 2 heterocycles. The van der Waals surface area contributed by atoms with Gasteiger partial charge in [0.25, 0.3) is 0 Å². The van der Waals surface area contributed by atoms with E-state index in [1.165, 1.54) is 5.69 Å². The molecular weight excluding hydrogens is 328 g/mol. The summed E-state index contributed by atoms with van der Waals surface area (Å²) in [5.41, 5.74) is 3.29. The molecule has 0 saturated carbocycles. The summed E-state index contributed by atoms with van der Waals surface area (Å²) in [5, 5.41) is 8.86. The van der Waals surface area contributed by atoms with Crippen molar-refractivity contribution < 1.29 is 14.3 Å². The lowest BCUT2D eigenvalue weighted by Crippen LogP contribution is -2.12. The van der Waals surface area contributed by atoms with Gasteiger partial charge in [0.15, 0.2) is 0 Å². The van der Waals surface area contributed by atoms with Gasteiger partial charge in [-0.25, -0.2) is 4.98 Å². The van der Waals surface area contributed by atoms with Crippen molar-refractivity contribution in [3.05, 3.63) is 66.0 Å². The van der Waals surface area contributed by atoms with Crippen LogP contribution in [-0.2, 0) is 17.7 Å². The zero-order valence-electron chi connectivity index (χ0n) is 15.4. The molecule has 5 nitrogen and oxygen atoms in total. The molecule has 5 heteroatoms. The molecule has 0 bridgehead atoms. The van der Waals surface area contributed by atoms with Crippen LogP contribution in [0.5, 0.6) is 0 Å². The van der Waals surface area contributed by atoms with Gasteiger partial charge in [-0.05, 0) is 25.5 Å². The Morgan fingerprint density at radius 2 is 1.96 bits per heavy atom. The van der Waals surface area contributed by atoms with E-state index in [-0.39, 0.29) is 12.5 Å². The minimum atomic E-state index is 0.0426. The summed E-state index contributed by atoms with van der Waals surface area (Å²) < 4.78 is 13.4. The van der Waals surface area contributed by atoms with Crippen molar-refractivity contribution in [1.82, 2.24) is 9.55 Å². The van der Waals surface area contributed by atoms with Crippen LogP contribution in [0.4, 0.5) is 0 Å². The van der Waals surface area contributed by atoms with Crippen LogP contribution >= 0.6 is 0 Å². The number of aromatic nitrogens is 2. The topological polar surface area (TPSA) is 60.4 Å². The Labute approximate surface area is 154 Å². The third-order valence-electron chi connectivity index (χ3n) is 4.45. The van der Waals surface area contributed by atoms with Gasteiger partial charge in [-0.15, -0.1) is 0 Å². The molecule has 1 atom stereocenters. The van der Waals surface area contributed by atoms with E-state index in [0.717, 1.165) is 29.2 Å². The second kappa shape index (κ2) is 8.83. The molecule has 0 spiro atoms. The fourth-order valence-corrected chi connectivity index (χ4v) is 3.09. The fourth-order valence-electron chi connectivity index (χ4n) is 3.09.